The SMILES string of the molecule is CCS(CC)=C(C#N)[N+](=O)[O-]. The smallest absolute Gasteiger partial charge is 0.257 e. The molecule has 5 heteroatoms. The van der Waals surface area contributed by atoms with Crippen LogP contribution < -0.4 is 0 Å². The zero-order chi connectivity index (χ0) is 8.85. The van der Waals surface area contributed by atoms with E-state index in [0.717, 1.165) is 0 Å². The predicted molar refractivity (Wildman–Crippen MR) is 46.3 cm³/mol. The monoisotopic (exact) mass is 174 g/mol. The third-order valence-corrected chi connectivity index (χ3v) is 3.41. The van der Waals surface area contributed by atoms with Crippen LogP contribution in [0.1, 0.15) is 13.8 Å². The molecular formula is C6H10N2O2S. The molecule has 0 fully saturated rings. The van der Waals surface area contributed by atoms with E-state index in [1.807, 2.05) is 13.8 Å². The molecular weight excluding hydrogens is 164 g/mol. The van der Waals surface area contributed by atoms with Crippen molar-refractivity contribution in [1.82, 2.24) is 0 Å². The molecule has 0 bridgehead atoms. The van der Waals surface area contributed by atoms with Gasteiger partial charge in [-0.2, -0.15) is 5.26 Å². The minimum absolute atomic E-state index is 0.185. The Morgan fingerprint density at radius 1 is 1.64 bits per heavy atom. The molecule has 0 aliphatic rings. The van der Waals surface area contributed by atoms with Crippen molar-refractivity contribution in [2.75, 3.05) is 11.5 Å². The van der Waals surface area contributed by atoms with Crippen molar-refractivity contribution in [3.05, 3.63) is 10.1 Å². The van der Waals surface area contributed by atoms with Gasteiger partial charge in [0.05, 0.1) is 4.92 Å². The molecule has 0 unspecified atom stereocenters. The molecule has 0 heterocycles. The highest BCUT2D eigenvalue weighted by Crippen LogP contribution is 2.13. The highest BCUT2D eigenvalue weighted by Gasteiger charge is 2.13. The van der Waals surface area contributed by atoms with Crippen molar-refractivity contribution in [2.24, 2.45) is 0 Å². The third kappa shape index (κ3) is 2.68. The van der Waals surface area contributed by atoms with E-state index in [1.54, 1.807) is 6.07 Å². The zero-order valence-electron chi connectivity index (χ0n) is 6.53. The second kappa shape index (κ2) is 4.85. The van der Waals surface area contributed by atoms with Crippen molar-refractivity contribution < 1.29 is 4.92 Å². The summed E-state index contributed by atoms with van der Waals surface area (Å²) in [6.45, 7) is 3.71. The largest absolute Gasteiger partial charge is 0.370 e. The fraction of sp³-hybridized carbons (Fsp3) is 0.667. The lowest BCUT2D eigenvalue weighted by Crippen LogP contribution is -2.10. The number of hydrogen-bond acceptors (Lipinski definition) is 3. The summed E-state index contributed by atoms with van der Waals surface area (Å²) in [5.41, 5.74) is 0. The van der Waals surface area contributed by atoms with Crippen LogP contribution in [0.2, 0.25) is 0 Å². The van der Waals surface area contributed by atoms with E-state index in [1.165, 1.54) is 0 Å². The van der Waals surface area contributed by atoms with Crippen LogP contribution in [0.15, 0.2) is 0 Å². The summed E-state index contributed by atoms with van der Waals surface area (Å²) in [4.78, 5) is 9.48. The maximum Gasteiger partial charge on any atom is 0.370 e. The minimum Gasteiger partial charge on any atom is -0.257 e. The number of hydrogen-bond donors (Lipinski definition) is 0. The summed E-state index contributed by atoms with van der Waals surface area (Å²) in [6, 6.07) is 1.63. The fourth-order valence-electron chi connectivity index (χ4n) is 0.688. The van der Waals surface area contributed by atoms with Crippen LogP contribution in [0.25, 0.3) is 0 Å². The van der Waals surface area contributed by atoms with Gasteiger partial charge in [-0.25, -0.2) is 0 Å². The van der Waals surface area contributed by atoms with Gasteiger partial charge in [-0.05, 0) is 11.5 Å². The first-order valence-electron chi connectivity index (χ1n) is 3.26. The Balaban J connectivity index is 4.82. The van der Waals surface area contributed by atoms with Gasteiger partial charge < -0.3 is 0 Å². The maximum atomic E-state index is 10.2. The van der Waals surface area contributed by atoms with Gasteiger partial charge >= 0.3 is 4.99 Å². The summed E-state index contributed by atoms with van der Waals surface area (Å²) in [5.74, 6) is 1.36. The summed E-state index contributed by atoms with van der Waals surface area (Å²) in [7, 11) is -0.450. The number of nitro groups is 1. The van der Waals surface area contributed by atoms with Crippen LogP contribution >= 0.6 is 10.5 Å². The average molecular weight is 174 g/mol. The van der Waals surface area contributed by atoms with Crippen LogP contribution in [0.5, 0.6) is 0 Å². The molecule has 11 heavy (non-hydrogen) atoms. The van der Waals surface area contributed by atoms with Gasteiger partial charge in [-0.1, -0.05) is 24.3 Å². The Labute approximate surface area is 67.9 Å². The Morgan fingerprint density at radius 2 is 2.09 bits per heavy atom. The third-order valence-electron chi connectivity index (χ3n) is 1.23. The van der Waals surface area contributed by atoms with Gasteiger partial charge in [-0.15, -0.1) is 0 Å². The molecule has 4 nitrogen and oxygen atoms in total. The molecule has 0 radical (unpaired) electrons. The van der Waals surface area contributed by atoms with Crippen molar-refractivity contribution in [2.45, 2.75) is 13.8 Å². The standard InChI is InChI=1S/C6H10N2O2S/c1-3-11(4-2)6(5-7)8(9)10/h3-4H2,1-2H3. The Kier molecular flexibility index (Phi) is 4.46. The Morgan fingerprint density at radius 3 is 2.18 bits per heavy atom. The van der Waals surface area contributed by atoms with Gasteiger partial charge in [0.2, 0.25) is 0 Å². The molecule has 0 spiro atoms. The van der Waals surface area contributed by atoms with E-state index in [4.69, 9.17) is 5.26 Å². The van der Waals surface area contributed by atoms with E-state index in [2.05, 4.69) is 0 Å². The number of nitrogens with zero attached hydrogens (tertiary/aromatic N) is 2. The normalized spacial score (nSPS) is 9.27. The van der Waals surface area contributed by atoms with Crippen LogP contribution in [-0.4, -0.2) is 21.4 Å². The predicted octanol–water partition coefficient (Wildman–Crippen LogP) is 1.23. The molecule has 0 amide bonds. The number of rotatable bonds is 2. The quantitative estimate of drug-likeness (QED) is 0.359. The second-order valence-electron chi connectivity index (χ2n) is 1.74. The van der Waals surface area contributed by atoms with Crippen LogP contribution in [0.3, 0.4) is 0 Å². The van der Waals surface area contributed by atoms with Crippen LogP contribution in [0.4, 0.5) is 0 Å². The molecule has 0 N–H and O–H groups in total. The summed E-state index contributed by atoms with van der Waals surface area (Å²) in [5, 5.41) is 18.7. The van der Waals surface area contributed by atoms with Gasteiger partial charge in [0.15, 0.2) is 6.07 Å². The average Bonchev–Trinajstić information content (AvgIpc) is 1.99. The van der Waals surface area contributed by atoms with Gasteiger partial charge in [0.1, 0.15) is 0 Å². The van der Waals surface area contributed by atoms with Gasteiger partial charge in [-0.3, -0.25) is 10.1 Å². The molecule has 0 rings (SSSR count). The van der Waals surface area contributed by atoms with Gasteiger partial charge in [0.25, 0.3) is 0 Å². The molecule has 0 aromatic carbocycles. The van der Waals surface area contributed by atoms with Crippen LogP contribution in [0, 0.1) is 21.4 Å². The van der Waals surface area contributed by atoms with E-state index < -0.39 is 15.4 Å². The second-order valence-corrected chi connectivity index (χ2v) is 4.27. The van der Waals surface area contributed by atoms with Crippen molar-refractivity contribution >= 4 is 15.5 Å². The lowest BCUT2D eigenvalue weighted by Gasteiger charge is -1.98. The lowest BCUT2D eigenvalue weighted by atomic mass is 10.8. The molecule has 0 aliphatic carbocycles. The first-order chi connectivity index (χ1) is 5.17. The molecule has 0 saturated carbocycles. The van der Waals surface area contributed by atoms with Crippen molar-refractivity contribution in [1.29, 1.82) is 5.26 Å². The van der Waals surface area contributed by atoms with Crippen molar-refractivity contribution in [3.63, 3.8) is 0 Å². The maximum absolute atomic E-state index is 10.2. The van der Waals surface area contributed by atoms with E-state index in [0.29, 0.717) is 11.5 Å². The first kappa shape index (κ1) is 10.1. The van der Waals surface area contributed by atoms with E-state index in [-0.39, 0.29) is 4.99 Å². The van der Waals surface area contributed by atoms with Gasteiger partial charge in [0, 0.05) is 0 Å². The highest BCUT2D eigenvalue weighted by molar-refractivity contribution is 8.15. The highest BCUT2D eigenvalue weighted by atomic mass is 32.2. The molecule has 0 aromatic heterocycles. The molecule has 0 atom stereocenters. The summed E-state index contributed by atoms with van der Waals surface area (Å²) >= 11 is 0. The fourth-order valence-corrected chi connectivity index (χ4v) is 1.98. The van der Waals surface area contributed by atoms with E-state index in [9.17, 15) is 10.1 Å². The molecule has 62 valence electrons. The Hall–Kier alpha value is -0.890. The minimum atomic E-state index is -0.573. The molecule has 0 aromatic rings. The summed E-state index contributed by atoms with van der Waals surface area (Å²) < 4.78 is 0. The first-order valence-corrected chi connectivity index (χ1v) is 4.82. The summed E-state index contributed by atoms with van der Waals surface area (Å²) in [6.07, 6.45) is 0. The number of nitriles is 1. The topological polar surface area (TPSA) is 66.9 Å². The van der Waals surface area contributed by atoms with E-state index >= 15 is 0 Å². The zero-order valence-corrected chi connectivity index (χ0v) is 7.35. The van der Waals surface area contributed by atoms with Crippen LogP contribution in [-0.2, 0) is 0 Å². The molecule has 0 aliphatic heterocycles. The Bertz CT molecular complexity index is 223. The molecule has 0 saturated heterocycles. The lowest BCUT2D eigenvalue weighted by molar-refractivity contribution is -0.342. The van der Waals surface area contributed by atoms with Crippen molar-refractivity contribution in [3.8, 4) is 6.07 Å².